The van der Waals surface area contributed by atoms with Crippen LogP contribution in [0.1, 0.15) is 16.7 Å². The molecule has 0 saturated heterocycles. The Kier molecular flexibility index (Phi) is 4.02. The fourth-order valence-corrected chi connectivity index (χ4v) is 3.55. The van der Waals surface area contributed by atoms with Gasteiger partial charge >= 0.3 is 0 Å². The largest absolute Gasteiger partial charge is 0.374 e. The number of halogens is 1. The van der Waals surface area contributed by atoms with Crippen LogP contribution in [0.4, 0.5) is 9.52 Å². The van der Waals surface area contributed by atoms with Gasteiger partial charge in [0.15, 0.2) is 0 Å². The van der Waals surface area contributed by atoms with E-state index in [0.29, 0.717) is 16.7 Å². The molecule has 6 nitrogen and oxygen atoms in total. The van der Waals surface area contributed by atoms with E-state index in [2.05, 4.69) is 14.9 Å². The van der Waals surface area contributed by atoms with Crippen molar-refractivity contribution in [1.29, 1.82) is 0 Å². The number of nitrogen functional groups attached to an aromatic ring is 1. The first-order valence-electron chi connectivity index (χ1n) is 5.64. The number of hydrogen-bond donors (Lipinski definition) is 2. The third kappa shape index (κ3) is 3.11. The number of aryl methyl sites for hydroxylation is 2. The molecule has 1 aromatic carbocycles. The van der Waals surface area contributed by atoms with Crippen LogP contribution >= 0.6 is 11.3 Å². The molecule has 0 aliphatic carbocycles. The summed E-state index contributed by atoms with van der Waals surface area (Å²) in [5.74, 6) is -0.284. The van der Waals surface area contributed by atoms with Gasteiger partial charge < -0.3 is 5.73 Å². The Balaban J connectivity index is 2.16. The Morgan fingerprint density at radius 2 is 1.90 bits per heavy atom. The molecule has 20 heavy (non-hydrogen) atoms. The molecule has 1 heterocycles. The van der Waals surface area contributed by atoms with E-state index in [9.17, 15) is 12.8 Å². The summed E-state index contributed by atoms with van der Waals surface area (Å²) >= 11 is 0.784. The van der Waals surface area contributed by atoms with Crippen molar-refractivity contribution >= 4 is 26.5 Å². The van der Waals surface area contributed by atoms with Crippen LogP contribution in [0.5, 0.6) is 0 Å². The lowest BCUT2D eigenvalue weighted by Gasteiger charge is -2.07. The van der Waals surface area contributed by atoms with Gasteiger partial charge in [-0.05, 0) is 30.5 Å². The maximum atomic E-state index is 13.5. The fourth-order valence-electron chi connectivity index (χ4n) is 1.71. The van der Waals surface area contributed by atoms with Crippen LogP contribution in [-0.4, -0.2) is 18.6 Å². The summed E-state index contributed by atoms with van der Waals surface area (Å²) in [6.07, 6.45) is 0. The van der Waals surface area contributed by atoms with Crippen molar-refractivity contribution in [3.05, 3.63) is 34.6 Å². The number of nitrogens with two attached hydrogens (primary N) is 1. The second kappa shape index (κ2) is 5.43. The molecule has 0 amide bonds. The molecule has 0 unspecified atom stereocenters. The highest BCUT2D eigenvalue weighted by Crippen LogP contribution is 2.18. The molecule has 0 aliphatic heterocycles. The molecule has 2 rings (SSSR count). The van der Waals surface area contributed by atoms with Gasteiger partial charge in [0, 0.05) is 6.54 Å². The Morgan fingerprint density at radius 3 is 2.40 bits per heavy atom. The summed E-state index contributed by atoms with van der Waals surface area (Å²) in [5, 5.41) is 7.02. The van der Waals surface area contributed by atoms with Crippen LogP contribution in [0.2, 0.25) is 0 Å². The summed E-state index contributed by atoms with van der Waals surface area (Å²) in [7, 11) is -3.75. The van der Waals surface area contributed by atoms with E-state index >= 15 is 0 Å². The van der Waals surface area contributed by atoms with Crippen molar-refractivity contribution in [1.82, 2.24) is 14.9 Å². The average molecular weight is 316 g/mol. The lowest BCUT2D eigenvalue weighted by Crippen LogP contribution is -2.23. The predicted octanol–water partition coefficient (Wildman–Crippen LogP) is 1.35. The minimum atomic E-state index is -3.75. The highest BCUT2D eigenvalue weighted by Gasteiger charge is 2.19. The molecule has 0 bridgehead atoms. The van der Waals surface area contributed by atoms with E-state index in [1.165, 1.54) is 0 Å². The Morgan fingerprint density at radius 1 is 1.30 bits per heavy atom. The van der Waals surface area contributed by atoms with Crippen LogP contribution in [0.15, 0.2) is 16.5 Å². The average Bonchev–Trinajstić information content (AvgIpc) is 2.81. The number of sulfonamides is 1. The molecule has 0 radical (unpaired) electrons. The normalized spacial score (nSPS) is 11.8. The van der Waals surface area contributed by atoms with E-state index in [-0.39, 0.29) is 21.8 Å². The van der Waals surface area contributed by atoms with Gasteiger partial charge in [-0.25, -0.2) is 17.5 Å². The van der Waals surface area contributed by atoms with E-state index < -0.39 is 10.0 Å². The van der Waals surface area contributed by atoms with E-state index in [1.807, 2.05) is 0 Å². The van der Waals surface area contributed by atoms with Crippen molar-refractivity contribution in [3.8, 4) is 0 Å². The maximum absolute atomic E-state index is 13.5. The second-order valence-corrected chi connectivity index (χ2v) is 7.22. The number of nitrogens with one attached hydrogen (secondary N) is 1. The molecule has 0 aliphatic rings. The van der Waals surface area contributed by atoms with Crippen molar-refractivity contribution in [2.75, 3.05) is 5.73 Å². The molecular weight excluding hydrogens is 303 g/mol. The number of benzene rings is 1. The molecule has 0 spiro atoms. The van der Waals surface area contributed by atoms with Crippen molar-refractivity contribution in [2.24, 2.45) is 0 Å². The molecule has 2 aromatic rings. The van der Waals surface area contributed by atoms with E-state index in [4.69, 9.17) is 5.73 Å². The molecule has 1 aromatic heterocycles. The van der Waals surface area contributed by atoms with Gasteiger partial charge in [-0.2, -0.15) is 0 Å². The Hall–Kier alpha value is -1.58. The van der Waals surface area contributed by atoms with Crippen LogP contribution in [0.25, 0.3) is 0 Å². The van der Waals surface area contributed by atoms with E-state index in [1.54, 1.807) is 26.0 Å². The second-order valence-electron chi connectivity index (χ2n) is 4.27. The monoisotopic (exact) mass is 316 g/mol. The number of rotatable bonds is 4. The summed E-state index contributed by atoms with van der Waals surface area (Å²) in [6.45, 7) is 3.31. The number of hydrogen-bond acceptors (Lipinski definition) is 6. The number of aromatic nitrogens is 2. The molecular formula is C11H13FN4O2S2. The minimum absolute atomic E-state index is 0.0454. The fraction of sp³-hybridized carbons (Fsp3) is 0.273. The first-order valence-corrected chi connectivity index (χ1v) is 7.94. The van der Waals surface area contributed by atoms with Gasteiger partial charge in [0.1, 0.15) is 5.82 Å². The zero-order chi connectivity index (χ0) is 14.9. The Labute approximate surface area is 119 Å². The quantitative estimate of drug-likeness (QED) is 0.887. The van der Waals surface area contributed by atoms with Gasteiger partial charge in [-0.1, -0.05) is 23.5 Å². The highest BCUT2D eigenvalue weighted by molar-refractivity contribution is 7.91. The minimum Gasteiger partial charge on any atom is -0.374 e. The van der Waals surface area contributed by atoms with Gasteiger partial charge in [0.05, 0.1) is 0 Å². The molecule has 0 atom stereocenters. The Bertz CT molecular complexity index is 720. The van der Waals surface area contributed by atoms with Crippen LogP contribution in [0, 0.1) is 19.7 Å². The van der Waals surface area contributed by atoms with Crippen LogP contribution in [-0.2, 0) is 16.6 Å². The first kappa shape index (κ1) is 14.8. The third-order valence-electron chi connectivity index (χ3n) is 2.61. The highest BCUT2D eigenvalue weighted by atomic mass is 32.2. The lowest BCUT2D eigenvalue weighted by atomic mass is 10.1. The predicted molar refractivity (Wildman–Crippen MR) is 74.2 cm³/mol. The van der Waals surface area contributed by atoms with Crippen LogP contribution < -0.4 is 10.5 Å². The zero-order valence-corrected chi connectivity index (χ0v) is 12.5. The van der Waals surface area contributed by atoms with Crippen LogP contribution in [0.3, 0.4) is 0 Å². The molecule has 9 heteroatoms. The third-order valence-corrected chi connectivity index (χ3v) is 5.14. The summed E-state index contributed by atoms with van der Waals surface area (Å²) in [4.78, 5) is 0. The smallest absolute Gasteiger partial charge is 0.270 e. The van der Waals surface area contributed by atoms with Crippen molar-refractivity contribution < 1.29 is 12.8 Å². The van der Waals surface area contributed by atoms with Gasteiger partial charge in [-0.3, -0.25) is 0 Å². The number of nitrogens with zero attached hydrogens (tertiary/aromatic N) is 2. The number of anilines is 1. The molecule has 0 saturated carbocycles. The molecule has 3 N–H and O–H groups in total. The summed E-state index contributed by atoms with van der Waals surface area (Å²) in [5.41, 5.74) is 6.96. The topological polar surface area (TPSA) is 98.0 Å². The van der Waals surface area contributed by atoms with Gasteiger partial charge in [-0.15, -0.1) is 10.2 Å². The van der Waals surface area contributed by atoms with Crippen molar-refractivity contribution in [3.63, 3.8) is 0 Å². The summed E-state index contributed by atoms with van der Waals surface area (Å²) in [6, 6.07) is 3.19. The molecule has 108 valence electrons. The van der Waals surface area contributed by atoms with Gasteiger partial charge in [0.25, 0.3) is 10.0 Å². The van der Waals surface area contributed by atoms with E-state index in [0.717, 1.165) is 11.3 Å². The summed E-state index contributed by atoms with van der Waals surface area (Å²) < 4.78 is 39.5. The SMILES string of the molecule is Cc1cc(CNS(=O)(=O)c2nnc(N)s2)cc(C)c1F. The first-order chi connectivity index (χ1) is 9.29. The standard InChI is InChI=1S/C11H13FN4O2S2/c1-6-3-8(4-7(2)9(6)12)5-14-20(17,18)11-16-15-10(13)19-11/h3-4,14H,5H2,1-2H3,(H2,13,15). The lowest BCUT2D eigenvalue weighted by molar-refractivity contribution is 0.579. The van der Waals surface area contributed by atoms with Crippen molar-refractivity contribution in [2.45, 2.75) is 24.7 Å². The maximum Gasteiger partial charge on any atom is 0.270 e. The zero-order valence-electron chi connectivity index (χ0n) is 10.8. The molecule has 0 fully saturated rings. The van der Waals surface area contributed by atoms with Gasteiger partial charge in [0.2, 0.25) is 9.47 Å².